The molecule has 0 aromatic carbocycles. The van der Waals surface area contributed by atoms with Gasteiger partial charge in [0.1, 0.15) is 9.84 Å². The molecule has 2 unspecified atom stereocenters. The molecule has 0 aromatic rings. The summed E-state index contributed by atoms with van der Waals surface area (Å²) >= 11 is 0. The molecular weight excluding hydrogens is 190 g/mol. The summed E-state index contributed by atoms with van der Waals surface area (Å²) in [6.45, 7) is 0.443. The molecule has 0 amide bonds. The van der Waals surface area contributed by atoms with Crippen LogP contribution in [-0.2, 0) is 14.6 Å². The van der Waals surface area contributed by atoms with Crippen molar-refractivity contribution in [3.63, 3.8) is 0 Å². The largest absolute Gasteiger partial charge is 0.383 e. The quantitative estimate of drug-likeness (QED) is 0.703. The van der Waals surface area contributed by atoms with Crippen LogP contribution in [0.1, 0.15) is 19.3 Å². The van der Waals surface area contributed by atoms with E-state index in [1.54, 1.807) is 7.11 Å². The predicted molar refractivity (Wildman–Crippen MR) is 51.3 cm³/mol. The lowest BCUT2D eigenvalue weighted by molar-refractivity contribution is 0.135. The molecule has 13 heavy (non-hydrogen) atoms. The zero-order valence-electron chi connectivity index (χ0n) is 8.12. The summed E-state index contributed by atoms with van der Waals surface area (Å²) < 4.78 is 27.4. The van der Waals surface area contributed by atoms with Gasteiger partial charge in [-0.15, -0.1) is 0 Å². The van der Waals surface area contributed by atoms with Crippen LogP contribution in [0.15, 0.2) is 0 Å². The Balaban J connectivity index is 2.63. The Morgan fingerprint density at radius 2 is 2.23 bits per heavy atom. The van der Waals surface area contributed by atoms with Crippen molar-refractivity contribution in [1.29, 1.82) is 0 Å². The average molecular weight is 207 g/mol. The van der Waals surface area contributed by atoms with Crippen molar-refractivity contribution >= 4 is 9.84 Å². The van der Waals surface area contributed by atoms with Crippen LogP contribution in [-0.4, -0.2) is 39.2 Å². The normalized spacial score (nSPS) is 35.2. The van der Waals surface area contributed by atoms with Crippen LogP contribution in [0, 0.1) is 0 Å². The van der Waals surface area contributed by atoms with E-state index in [2.05, 4.69) is 0 Å². The van der Waals surface area contributed by atoms with Gasteiger partial charge in [-0.05, 0) is 19.3 Å². The van der Waals surface area contributed by atoms with Crippen LogP contribution < -0.4 is 5.73 Å². The number of hydrogen-bond acceptors (Lipinski definition) is 4. The first-order valence-electron chi connectivity index (χ1n) is 4.34. The second kappa shape index (κ2) is 3.55. The van der Waals surface area contributed by atoms with Gasteiger partial charge in [0.05, 0.1) is 11.9 Å². The molecule has 2 N–H and O–H groups in total. The molecule has 0 aromatic heterocycles. The summed E-state index contributed by atoms with van der Waals surface area (Å²) in [5.41, 5.74) is 5.54. The van der Waals surface area contributed by atoms with Crippen molar-refractivity contribution in [2.45, 2.75) is 30.1 Å². The Bertz CT molecular complexity index is 275. The summed E-state index contributed by atoms with van der Waals surface area (Å²) in [5, 5.41) is -0.271. The molecule has 1 fully saturated rings. The van der Waals surface area contributed by atoms with Crippen molar-refractivity contribution in [3.8, 4) is 0 Å². The van der Waals surface area contributed by atoms with E-state index in [4.69, 9.17) is 10.5 Å². The van der Waals surface area contributed by atoms with Crippen LogP contribution in [0.25, 0.3) is 0 Å². The number of methoxy groups -OCH3 is 1. The summed E-state index contributed by atoms with van der Waals surface area (Å²) in [5.74, 6) is 0. The Labute approximate surface area is 79.4 Å². The topological polar surface area (TPSA) is 69.4 Å². The minimum absolute atomic E-state index is 0.271. The van der Waals surface area contributed by atoms with E-state index >= 15 is 0 Å². The first-order chi connectivity index (χ1) is 5.87. The highest BCUT2D eigenvalue weighted by molar-refractivity contribution is 7.91. The van der Waals surface area contributed by atoms with Crippen LogP contribution in [0.2, 0.25) is 0 Å². The highest BCUT2D eigenvalue weighted by Crippen LogP contribution is 2.31. The fraction of sp³-hybridized carbons (Fsp3) is 1.00. The molecule has 1 rings (SSSR count). The summed E-state index contributed by atoms with van der Waals surface area (Å²) in [6, 6.07) is 0. The molecular formula is C8H17NO3S. The van der Waals surface area contributed by atoms with Crippen molar-refractivity contribution < 1.29 is 13.2 Å². The standard InChI is InChI=1S/C8H17NO3S/c1-12-6-8(9)4-3-7(5-8)13(2,10)11/h7H,3-6,9H2,1-2H3. The second-order valence-electron chi connectivity index (χ2n) is 3.99. The zero-order chi connectivity index (χ0) is 10.1. The molecule has 5 heteroatoms. The summed E-state index contributed by atoms with van der Waals surface area (Å²) in [6.07, 6.45) is 3.20. The Kier molecular flexibility index (Phi) is 2.99. The number of sulfone groups is 1. The van der Waals surface area contributed by atoms with Crippen molar-refractivity contribution in [3.05, 3.63) is 0 Å². The predicted octanol–water partition coefficient (Wildman–Crippen LogP) is -0.0726. The van der Waals surface area contributed by atoms with Gasteiger partial charge in [0.25, 0.3) is 0 Å². The average Bonchev–Trinajstić information content (AvgIpc) is 2.31. The van der Waals surface area contributed by atoms with Crippen LogP contribution in [0.4, 0.5) is 0 Å². The van der Waals surface area contributed by atoms with Gasteiger partial charge < -0.3 is 10.5 Å². The van der Waals surface area contributed by atoms with Crippen molar-refractivity contribution in [2.75, 3.05) is 20.0 Å². The third-order valence-electron chi connectivity index (χ3n) is 2.64. The van der Waals surface area contributed by atoms with Crippen molar-refractivity contribution in [2.24, 2.45) is 5.73 Å². The molecule has 4 nitrogen and oxygen atoms in total. The van der Waals surface area contributed by atoms with E-state index in [1.165, 1.54) is 6.26 Å². The van der Waals surface area contributed by atoms with E-state index in [-0.39, 0.29) is 5.25 Å². The maximum Gasteiger partial charge on any atom is 0.150 e. The first kappa shape index (κ1) is 10.9. The van der Waals surface area contributed by atoms with Crippen LogP contribution in [0.5, 0.6) is 0 Å². The Hall–Kier alpha value is -0.130. The van der Waals surface area contributed by atoms with Crippen LogP contribution in [0.3, 0.4) is 0 Å². The second-order valence-corrected chi connectivity index (χ2v) is 6.32. The zero-order valence-corrected chi connectivity index (χ0v) is 8.93. The lowest BCUT2D eigenvalue weighted by Gasteiger charge is -2.22. The van der Waals surface area contributed by atoms with Crippen LogP contribution >= 0.6 is 0 Å². The lowest BCUT2D eigenvalue weighted by Crippen LogP contribution is -2.42. The van der Waals surface area contributed by atoms with Crippen molar-refractivity contribution in [1.82, 2.24) is 0 Å². The van der Waals surface area contributed by atoms with Gasteiger partial charge in [-0.3, -0.25) is 0 Å². The monoisotopic (exact) mass is 207 g/mol. The number of rotatable bonds is 3. The van der Waals surface area contributed by atoms with Gasteiger partial charge in [-0.25, -0.2) is 8.42 Å². The van der Waals surface area contributed by atoms with E-state index in [9.17, 15) is 8.42 Å². The van der Waals surface area contributed by atoms with E-state index in [0.29, 0.717) is 19.4 Å². The molecule has 1 aliphatic carbocycles. The number of ether oxygens (including phenoxy) is 1. The van der Waals surface area contributed by atoms with Gasteiger partial charge >= 0.3 is 0 Å². The lowest BCUT2D eigenvalue weighted by atomic mass is 10.0. The number of hydrogen-bond donors (Lipinski definition) is 1. The third-order valence-corrected chi connectivity index (χ3v) is 4.25. The SMILES string of the molecule is COCC1(N)CCC(S(C)(=O)=O)C1. The first-order valence-corrected chi connectivity index (χ1v) is 6.29. The van der Waals surface area contributed by atoms with Gasteiger partial charge in [-0.2, -0.15) is 0 Å². The fourth-order valence-electron chi connectivity index (χ4n) is 1.89. The Morgan fingerprint density at radius 1 is 1.62 bits per heavy atom. The minimum Gasteiger partial charge on any atom is -0.383 e. The van der Waals surface area contributed by atoms with Gasteiger partial charge in [-0.1, -0.05) is 0 Å². The van der Waals surface area contributed by atoms with Gasteiger partial charge in [0.15, 0.2) is 0 Å². The van der Waals surface area contributed by atoms with E-state index in [0.717, 1.165) is 6.42 Å². The molecule has 0 bridgehead atoms. The third kappa shape index (κ3) is 2.65. The molecule has 2 atom stereocenters. The summed E-state index contributed by atoms with van der Waals surface area (Å²) in [4.78, 5) is 0. The Morgan fingerprint density at radius 3 is 2.62 bits per heavy atom. The molecule has 78 valence electrons. The molecule has 0 spiro atoms. The molecule has 0 saturated heterocycles. The molecule has 1 aliphatic rings. The molecule has 0 radical (unpaired) electrons. The van der Waals surface area contributed by atoms with Gasteiger partial charge in [0, 0.05) is 18.9 Å². The smallest absolute Gasteiger partial charge is 0.150 e. The highest BCUT2D eigenvalue weighted by Gasteiger charge is 2.40. The molecule has 0 aliphatic heterocycles. The number of nitrogens with two attached hydrogens (primary N) is 1. The van der Waals surface area contributed by atoms with Gasteiger partial charge in [0.2, 0.25) is 0 Å². The maximum atomic E-state index is 11.2. The molecule has 0 heterocycles. The molecule has 1 saturated carbocycles. The fourth-order valence-corrected chi connectivity index (χ4v) is 3.07. The van der Waals surface area contributed by atoms with E-state index < -0.39 is 15.4 Å². The highest BCUT2D eigenvalue weighted by atomic mass is 32.2. The summed E-state index contributed by atoms with van der Waals surface area (Å²) in [7, 11) is -1.34. The maximum absolute atomic E-state index is 11.2. The van der Waals surface area contributed by atoms with E-state index in [1.807, 2.05) is 0 Å². The minimum atomic E-state index is -2.93.